The van der Waals surface area contributed by atoms with Crippen molar-refractivity contribution in [2.75, 3.05) is 0 Å². The second kappa shape index (κ2) is 3.41. The maximum absolute atomic E-state index is 10.8. The van der Waals surface area contributed by atoms with Gasteiger partial charge in [-0.25, -0.2) is 4.98 Å². The van der Waals surface area contributed by atoms with Crippen molar-refractivity contribution >= 4 is 11.6 Å². The Morgan fingerprint density at radius 3 is 2.50 bits per heavy atom. The van der Waals surface area contributed by atoms with E-state index in [1.54, 1.807) is 13.8 Å². The molecule has 1 aromatic rings. The van der Waals surface area contributed by atoms with Gasteiger partial charge in [0.25, 0.3) is 11.6 Å². The Hall–Kier alpha value is -1.98. The summed E-state index contributed by atoms with van der Waals surface area (Å²) in [6.45, 7) is 3.14. The fourth-order valence-corrected chi connectivity index (χ4v) is 1.12. The lowest BCUT2D eigenvalue weighted by molar-refractivity contribution is -0.385. The number of rotatable bonds is 2. The topological polar surface area (TPSA) is 99.1 Å². The fourth-order valence-electron chi connectivity index (χ4n) is 1.12. The summed E-state index contributed by atoms with van der Waals surface area (Å²) in [5.74, 6) is -0.680. The van der Waals surface area contributed by atoms with Gasteiger partial charge in [-0.15, -0.1) is 0 Å². The van der Waals surface area contributed by atoms with Gasteiger partial charge < -0.3 is 5.73 Å². The van der Waals surface area contributed by atoms with Gasteiger partial charge in [-0.2, -0.15) is 0 Å². The fraction of sp³-hybridized carbons (Fsp3) is 0.250. The molecule has 0 atom stereocenters. The van der Waals surface area contributed by atoms with Crippen LogP contribution in [-0.2, 0) is 0 Å². The van der Waals surface area contributed by atoms with Crippen LogP contribution in [0.15, 0.2) is 6.20 Å². The number of pyridine rings is 1. The third kappa shape index (κ3) is 1.54. The molecular formula is C8H9N3O3. The highest BCUT2D eigenvalue weighted by atomic mass is 16.6. The standard InChI is InChI=1S/C8H9N3O3/c1-4-5(2)7(8(9)12)10-3-6(4)11(13)14/h3H,1-2H3,(H2,9,12). The summed E-state index contributed by atoms with van der Waals surface area (Å²) < 4.78 is 0. The number of aromatic nitrogens is 1. The van der Waals surface area contributed by atoms with Crippen molar-refractivity contribution < 1.29 is 9.72 Å². The molecule has 0 aliphatic carbocycles. The van der Waals surface area contributed by atoms with E-state index in [1.165, 1.54) is 0 Å². The Morgan fingerprint density at radius 2 is 2.07 bits per heavy atom. The van der Waals surface area contributed by atoms with Crippen molar-refractivity contribution in [3.8, 4) is 0 Å². The van der Waals surface area contributed by atoms with Crippen molar-refractivity contribution in [3.63, 3.8) is 0 Å². The van der Waals surface area contributed by atoms with E-state index in [2.05, 4.69) is 4.98 Å². The molecule has 1 amide bonds. The minimum atomic E-state index is -0.680. The number of amides is 1. The molecule has 1 aromatic heterocycles. The van der Waals surface area contributed by atoms with Crippen LogP contribution in [0.2, 0.25) is 0 Å². The van der Waals surface area contributed by atoms with Crippen LogP contribution in [0.4, 0.5) is 5.69 Å². The number of carbonyl (C=O) groups excluding carboxylic acids is 1. The molecular weight excluding hydrogens is 186 g/mol. The minimum Gasteiger partial charge on any atom is -0.364 e. The third-order valence-electron chi connectivity index (χ3n) is 2.05. The summed E-state index contributed by atoms with van der Waals surface area (Å²) in [6.07, 6.45) is 1.04. The second-order valence-electron chi connectivity index (χ2n) is 2.86. The summed E-state index contributed by atoms with van der Waals surface area (Å²) in [7, 11) is 0. The molecule has 0 saturated heterocycles. The zero-order valence-electron chi connectivity index (χ0n) is 7.77. The van der Waals surface area contributed by atoms with E-state index in [0.29, 0.717) is 11.1 Å². The van der Waals surface area contributed by atoms with Crippen LogP contribution in [0.3, 0.4) is 0 Å². The Bertz CT molecular complexity index is 376. The van der Waals surface area contributed by atoms with Crippen LogP contribution in [0.1, 0.15) is 21.6 Å². The van der Waals surface area contributed by atoms with Crippen LogP contribution >= 0.6 is 0 Å². The molecule has 1 heterocycles. The number of hydrogen-bond acceptors (Lipinski definition) is 4. The normalized spacial score (nSPS) is 9.86. The number of nitro groups is 1. The van der Waals surface area contributed by atoms with Crippen LogP contribution in [0.25, 0.3) is 0 Å². The molecule has 14 heavy (non-hydrogen) atoms. The van der Waals surface area contributed by atoms with Crippen molar-refractivity contribution in [3.05, 3.63) is 33.1 Å². The van der Waals surface area contributed by atoms with Gasteiger partial charge >= 0.3 is 0 Å². The first-order chi connectivity index (χ1) is 6.45. The number of nitrogens with two attached hydrogens (primary N) is 1. The molecule has 0 bridgehead atoms. The molecule has 0 aliphatic heterocycles. The number of primary amides is 1. The lowest BCUT2D eigenvalue weighted by Crippen LogP contribution is -2.16. The van der Waals surface area contributed by atoms with Crippen molar-refractivity contribution in [1.29, 1.82) is 0 Å². The smallest absolute Gasteiger partial charge is 0.290 e. The van der Waals surface area contributed by atoms with E-state index in [-0.39, 0.29) is 11.4 Å². The quantitative estimate of drug-likeness (QED) is 0.554. The van der Waals surface area contributed by atoms with E-state index in [0.717, 1.165) is 6.20 Å². The van der Waals surface area contributed by atoms with Gasteiger partial charge in [-0.05, 0) is 19.4 Å². The SMILES string of the molecule is Cc1c([N+](=O)[O-])cnc(C(N)=O)c1C. The first kappa shape index (κ1) is 10.1. The summed E-state index contributed by atoms with van der Waals surface area (Å²) in [6, 6.07) is 0. The molecule has 0 aliphatic rings. The Kier molecular flexibility index (Phi) is 2.46. The average Bonchev–Trinajstić information content (AvgIpc) is 2.08. The van der Waals surface area contributed by atoms with Crippen molar-refractivity contribution in [2.24, 2.45) is 5.73 Å². The number of carbonyl (C=O) groups is 1. The van der Waals surface area contributed by atoms with Crippen LogP contribution < -0.4 is 5.73 Å². The molecule has 0 spiro atoms. The number of nitrogens with zero attached hydrogens (tertiary/aromatic N) is 2. The van der Waals surface area contributed by atoms with Gasteiger partial charge in [-0.1, -0.05) is 0 Å². The van der Waals surface area contributed by atoms with Gasteiger partial charge in [0, 0.05) is 5.56 Å². The zero-order valence-corrected chi connectivity index (χ0v) is 7.77. The van der Waals surface area contributed by atoms with E-state index in [1.807, 2.05) is 0 Å². The van der Waals surface area contributed by atoms with Crippen LogP contribution in [0.5, 0.6) is 0 Å². The Morgan fingerprint density at radius 1 is 1.50 bits per heavy atom. The average molecular weight is 195 g/mol. The van der Waals surface area contributed by atoms with Gasteiger partial charge in [0.1, 0.15) is 11.9 Å². The minimum absolute atomic E-state index is 0.0769. The molecule has 74 valence electrons. The predicted octanol–water partition coefficient (Wildman–Crippen LogP) is 0.706. The van der Waals surface area contributed by atoms with Gasteiger partial charge in [0.05, 0.1) is 4.92 Å². The monoisotopic (exact) mass is 195 g/mol. The molecule has 0 fully saturated rings. The summed E-state index contributed by atoms with van der Waals surface area (Å²) >= 11 is 0. The molecule has 2 N–H and O–H groups in total. The molecule has 0 saturated carbocycles. The highest BCUT2D eigenvalue weighted by Gasteiger charge is 2.17. The summed E-state index contributed by atoms with van der Waals surface area (Å²) in [5.41, 5.74) is 5.88. The lowest BCUT2D eigenvalue weighted by atomic mass is 10.1. The molecule has 0 radical (unpaired) electrons. The number of hydrogen-bond donors (Lipinski definition) is 1. The molecule has 6 nitrogen and oxygen atoms in total. The zero-order chi connectivity index (χ0) is 10.9. The van der Waals surface area contributed by atoms with Gasteiger partial charge in [-0.3, -0.25) is 14.9 Å². The highest BCUT2D eigenvalue weighted by Crippen LogP contribution is 2.21. The van der Waals surface area contributed by atoms with E-state index in [9.17, 15) is 14.9 Å². The Balaban J connectivity index is 3.41. The van der Waals surface area contributed by atoms with E-state index < -0.39 is 10.8 Å². The molecule has 0 aromatic carbocycles. The first-order valence-electron chi connectivity index (χ1n) is 3.85. The van der Waals surface area contributed by atoms with Gasteiger partial charge in [0.15, 0.2) is 0 Å². The van der Waals surface area contributed by atoms with Crippen molar-refractivity contribution in [2.45, 2.75) is 13.8 Å². The third-order valence-corrected chi connectivity index (χ3v) is 2.05. The summed E-state index contributed by atoms with van der Waals surface area (Å²) in [5, 5.41) is 10.5. The maximum Gasteiger partial charge on any atom is 0.290 e. The first-order valence-corrected chi connectivity index (χ1v) is 3.85. The lowest BCUT2D eigenvalue weighted by Gasteiger charge is -2.04. The Labute approximate surface area is 79.9 Å². The molecule has 1 rings (SSSR count). The maximum atomic E-state index is 10.8. The summed E-state index contributed by atoms with van der Waals surface area (Å²) in [4.78, 5) is 24.5. The largest absolute Gasteiger partial charge is 0.364 e. The predicted molar refractivity (Wildman–Crippen MR) is 48.9 cm³/mol. The van der Waals surface area contributed by atoms with Crippen molar-refractivity contribution in [1.82, 2.24) is 4.98 Å². The van der Waals surface area contributed by atoms with E-state index >= 15 is 0 Å². The highest BCUT2D eigenvalue weighted by molar-refractivity contribution is 5.92. The molecule has 6 heteroatoms. The van der Waals surface area contributed by atoms with Gasteiger partial charge in [0.2, 0.25) is 0 Å². The van der Waals surface area contributed by atoms with Crippen LogP contribution in [0, 0.1) is 24.0 Å². The van der Waals surface area contributed by atoms with E-state index in [4.69, 9.17) is 5.73 Å². The van der Waals surface area contributed by atoms with Crippen LogP contribution in [-0.4, -0.2) is 15.8 Å². The second-order valence-corrected chi connectivity index (χ2v) is 2.86. The molecule has 0 unspecified atom stereocenters.